The van der Waals surface area contributed by atoms with Crippen LogP contribution in [0.1, 0.15) is 25.3 Å². The van der Waals surface area contributed by atoms with Crippen LogP contribution in [0.15, 0.2) is 35.3 Å². The summed E-state index contributed by atoms with van der Waals surface area (Å²) in [4.78, 5) is 6.70. The highest BCUT2D eigenvalue weighted by atomic mass is 127. The van der Waals surface area contributed by atoms with Gasteiger partial charge in [0.15, 0.2) is 5.96 Å². The van der Waals surface area contributed by atoms with Crippen LogP contribution in [0.25, 0.3) is 0 Å². The second kappa shape index (κ2) is 12.5. The minimum absolute atomic E-state index is 0. The normalized spacial score (nSPS) is 16.6. The molecular formula is C18H32IN5O2S. The molecule has 0 aromatic heterocycles. The van der Waals surface area contributed by atoms with E-state index in [-0.39, 0.29) is 29.7 Å². The van der Waals surface area contributed by atoms with E-state index in [1.807, 2.05) is 6.07 Å². The monoisotopic (exact) mass is 509 g/mol. The lowest BCUT2D eigenvalue weighted by Gasteiger charge is -2.33. The quantitative estimate of drug-likeness (QED) is 0.214. The first-order valence-corrected chi connectivity index (χ1v) is 10.9. The van der Waals surface area contributed by atoms with E-state index < -0.39 is 10.0 Å². The van der Waals surface area contributed by atoms with Crippen LogP contribution in [-0.2, 0) is 16.6 Å². The summed E-state index contributed by atoms with van der Waals surface area (Å²) in [6, 6.07) is 10.9. The van der Waals surface area contributed by atoms with Gasteiger partial charge in [0.05, 0.1) is 5.75 Å². The molecule has 1 aliphatic rings. The van der Waals surface area contributed by atoms with Crippen molar-refractivity contribution >= 4 is 40.0 Å². The zero-order valence-corrected chi connectivity index (χ0v) is 19.3. The summed E-state index contributed by atoms with van der Waals surface area (Å²) < 4.78 is 25.3. The molecule has 0 spiro atoms. The van der Waals surface area contributed by atoms with Crippen LogP contribution in [0.3, 0.4) is 0 Å². The number of guanidine groups is 1. The van der Waals surface area contributed by atoms with Gasteiger partial charge in [-0.25, -0.2) is 13.1 Å². The summed E-state index contributed by atoms with van der Waals surface area (Å²) in [5.74, 6) is 0.823. The van der Waals surface area contributed by atoms with E-state index in [1.54, 1.807) is 14.0 Å². The van der Waals surface area contributed by atoms with Crippen LogP contribution in [0.4, 0.5) is 0 Å². The zero-order chi connectivity index (χ0) is 18.8. The first-order chi connectivity index (χ1) is 12.5. The van der Waals surface area contributed by atoms with Gasteiger partial charge in [-0.2, -0.15) is 0 Å². The molecule has 0 atom stereocenters. The Morgan fingerprint density at radius 1 is 1.19 bits per heavy atom. The van der Waals surface area contributed by atoms with E-state index in [0.717, 1.165) is 38.4 Å². The van der Waals surface area contributed by atoms with Crippen molar-refractivity contribution in [1.29, 1.82) is 0 Å². The fourth-order valence-electron chi connectivity index (χ4n) is 2.95. The molecule has 0 amide bonds. The summed E-state index contributed by atoms with van der Waals surface area (Å²) in [6.07, 6.45) is 2.13. The molecule has 1 fully saturated rings. The maximum atomic E-state index is 11.4. The van der Waals surface area contributed by atoms with Crippen LogP contribution in [0, 0.1) is 0 Å². The number of hydrogen-bond donors (Lipinski definition) is 3. The molecule has 9 heteroatoms. The van der Waals surface area contributed by atoms with Gasteiger partial charge in [0.25, 0.3) is 0 Å². The average Bonchev–Trinajstić information content (AvgIpc) is 2.66. The van der Waals surface area contributed by atoms with Gasteiger partial charge in [0, 0.05) is 45.8 Å². The number of hydrogen-bond acceptors (Lipinski definition) is 4. The Kier molecular flexibility index (Phi) is 11.2. The number of benzene rings is 1. The second-order valence-corrected chi connectivity index (χ2v) is 8.57. The van der Waals surface area contributed by atoms with Crippen LogP contribution in [0.5, 0.6) is 0 Å². The van der Waals surface area contributed by atoms with E-state index in [0.29, 0.717) is 19.1 Å². The number of aliphatic imine (C=N–C) groups is 1. The third-order valence-electron chi connectivity index (χ3n) is 4.52. The molecule has 0 aliphatic carbocycles. The molecule has 1 aromatic carbocycles. The number of piperidine rings is 1. The Morgan fingerprint density at radius 3 is 2.44 bits per heavy atom. The molecule has 1 aliphatic heterocycles. The van der Waals surface area contributed by atoms with Gasteiger partial charge in [-0.3, -0.25) is 9.89 Å². The molecule has 7 nitrogen and oxygen atoms in total. The van der Waals surface area contributed by atoms with E-state index in [1.165, 1.54) is 5.56 Å². The van der Waals surface area contributed by atoms with Crippen molar-refractivity contribution in [3.05, 3.63) is 35.9 Å². The first-order valence-electron chi connectivity index (χ1n) is 9.23. The number of sulfonamides is 1. The van der Waals surface area contributed by atoms with Crippen molar-refractivity contribution in [1.82, 2.24) is 20.3 Å². The van der Waals surface area contributed by atoms with Crippen molar-refractivity contribution in [3.63, 3.8) is 0 Å². The molecule has 0 unspecified atom stereocenters. The second-order valence-electron chi connectivity index (χ2n) is 6.48. The fourth-order valence-corrected chi connectivity index (χ4v) is 3.57. The number of likely N-dealkylation sites (tertiary alicyclic amines) is 1. The Morgan fingerprint density at radius 2 is 1.85 bits per heavy atom. The summed E-state index contributed by atoms with van der Waals surface area (Å²) >= 11 is 0. The third-order valence-corrected chi connectivity index (χ3v) is 5.92. The van der Waals surface area contributed by atoms with Crippen molar-refractivity contribution in [2.45, 2.75) is 32.4 Å². The van der Waals surface area contributed by atoms with Crippen LogP contribution in [0.2, 0.25) is 0 Å². The van der Waals surface area contributed by atoms with Crippen LogP contribution in [-0.4, -0.2) is 64.3 Å². The van der Waals surface area contributed by atoms with Crippen molar-refractivity contribution in [3.8, 4) is 0 Å². The Hall–Kier alpha value is -0.910. The molecule has 154 valence electrons. The highest BCUT2D eigenvalue weighted by Crippen LogP contribution is 2.13. The molecule has 0 bridgehead atoms. The predicted octanol–water partition coefficient (Wildman–Crippen LogP) is 1.37. The summed E-state index contributed by atoms with van der Waals surface area (Å²) in [7, 11) is -1.41. The summed E-state index contributed by atoms with van der Waals surface area (Å²) in [5, 5.41) is 6.60. The minimum Gasteiger partial charge on any atom is -0.355 e. The fraction of sp³-hybridized carbons (Fsp3) is 0.611. The molecule has 1 heterocycles. The van der Waals surface area contributed by atoms with Crippen LogP contribution < -0.4 is 15.4 Å². The standard InChI is InChI=1S/C18H31N5O2S.HI/c1-3-26(24,25)21-12-11-20-18(19-2)22-17-9-13-23(14-10-17)15-16-7-5-4-6-8-16;/h4-8,17,21H,3,9-15H2,1-2H3,(H2,19,20,22);1H. The lowest BCUT2D eigenvalue weighted by molar-refractivity contribution is 0.198. The van der Waals surface area contributed by atoms with Gasteiger partial charge in [-0.1, -0.05) is 30.3 Å². The topological polar surface area (TPSA) is 85.8 Å². The van der Waals surface area contributed by atoms with Gasteiger partial charge in [0.1, 0.15) is 0 Å². The molecule has 2 rings (SSSR count). The predicted molar refractivity (Wildman–Crippen MR) is 122 cm³/mol. The minimum atomic E-state index is -3.14. The van der Waals surface area contributed by atoms with Gasteiger partial charge < -0.3 is 10.6 Å². The highest BCUT2D eigenvalue weighted by molar-refractivity contribution is 14.0. The smallest absolute Gasteiger partial charge is 0.211 e. The van der Waals surface area contributed by atoms with E-state index in [9.17, 15) is 8.42 Å². The average molecular weight is 509 g/mol. The summed E-state index contributed by atoms with van der Waals surface area (Å²) in [6.45, 7) is 5.59. The molecule has 0 radical (unpaired) electrons. The molecule has 1 aromatic rings. The van der Waals surface area contributed by atoms with Crippen molar-refractivity contribution < 1.29 is 8.42 Å². The van der Waals surface area contributed by atoms with Gasteiger partial charge in [0.2, 0.25) is 10.0 Å². The Bertz CT molecular complexity index is 662. The lowest BCUT2D eigenvalue weighted by atomic mass is 10.0. The SMILES string of the molecule is CCS(=O)(=O)NCCNC(=NC)NC1CCN(Cc2ccccc2)CC1.I. The van der Waals surface area contributed by atoms with Gasteiger partial charge in [-0.05, 0) is 25.3 Å². The molecule has 3 N–H and O–H groups in total. The Labute approximate surface area is 180 Å². The Balaban J connectivity index is 0.00000364. The first kappa shape index (κ1) is 24.1. The third kappa shape index (κ3) is 9.22. The maximum Gasteiger partial charge on any atom is 0.211 e. The zero-order valence-electron chi connectivity index (χ0n) is 16.1. The van der Waals surface area contributed by atoms with E-state index in [4.69, 9.17) is 0 Å². The molecular weight excluding hydrogens is 477 g/mol. The van der Waals surface area contributed by atoms with Crippen molar-refractivity contribution in [2.24, 2.45) is 4.99 Å². The molecule has 0 saturated carbocycles. The molecule has 1 saturated heterocycles. The number of rotatable bonds is 8. The van der Waals surface area contributed by atoms with E-state index >= 15 is 0 Å². The van der Waals surface area contributed by atoms with Crippen molar-refractivity contribution in [2.75, 3.05) is 39.0 Å². The maximum absolute atomic E-state index is 11.4. The number of halogens is 1. The van der Waals surface area contributed by atoms with E-state index in [2.05, 4.69) is 49.5 Å². The van der Waals surface area contributed by atoms with Gasteiger partial charge >= 0.3 is 0 Å². The largest absolute Gasteiger partial charge is 0.355 e. The highest BCUT2D eigenvalue weighted by Gasteiger charge is 2.20. The van der Waals surface area contributed by atoms with Gasteiger partial charge in [-0.15, -0.1) is 24.0 Å². The van der Waals surface area contributed by atoms with Crippen LogP contribution >= 0.6 is 24.0 Å². The lowest BCUT2D eigenvalue weighted by Crippen LogP contribution is -2.49. The number of nitrogens with one attached hydrogen (secondary N) is 3. The molecule has 27 heavy (non-hydrogen) atoms. The summed E-state index contributed by atoms with van der Waals surface area (Å²) in [5.41, 5.74) is 1.35. The number of nitrogens with zero attached hydrogens (tertiary/aromatic N) is 2.